The van der Waals surface area contributed by atoms with E-state index >= 15 is 0 Å². The van der Waals surface area contributed by atoms with Crippen LogP contribution in [0.4, 0.5) is 0 Å². The van der Waals surface area contributed by atoms with Crippen molar-refractivity contribution in [1.82, 2.24) is 20.5 Å². The maximum atomic E-state index is 12.7. The lowest BCUT2D eigenvalue weighted by Crippen LogP contribution is -2.38. The summed E-state index contributed by atoms with van der Waals surface area (Å²) in [5.74, 6) is -0.292. The molecule has 3 heterocycles. The molecule has 1 aromatic rings. The third kappa shape index (κ3) is 4.36. The molecule has 0 unspecified atom stereocenters. The Hall–Kier alpha value is -2.23. The van der Waals surface area contributed by atoms with Crippen molar-refractivity contribution in [3.8, 4) is 0 Å². The smallest absolute Gasteiger partial charge is 0.249 e. The minimum atomic E-state index is -3.35. The van der Waals surface area contributed by atoms with E-state index in [1.165, 1.54) is 24.0 Å². The molecule has 158 valence electrons. The molecular weight excluding hydrogens is 392 g/mol. The number of carbonyl (C=O) groups is 1. The number of hydrogen-bond acceptors (Lipinski definition) is 7. The van der Waals surface area contributed by atoms with Crippen LogP contribution in [0.1, 0.15) is 32.0 Å². The molecule has 0 spiro atoms. The SMILES string of the molecule is CC[C@@H]1C2=C(C=C(C(=O)N[C@@H](CO)c3ccc(S(=O)(=O)CC)cn3)CN2)CN1C. The normalized spacial score (nSPS) is 20.7. The fraction of sp³-hybridized carbons (Fsp3) is 0.500. The molecule has 3 rings (SSSR count). The number of sulfone groups is 1. The monoisotopic (exact) mass is 420 g/mol. The first-order valence-electron chi connectivity index (χ1n) is 9.78. The van der Waals surface area contributed by atoms with Gasteiger partial charge in [0, 0.05) is 36.6 Å². The van der Waals surface area contributed by atoms with Crippen molar-refractivity contribution in [1.29, 1.82) is 0 Å². The highest BCUT2D eigenvalue weighted by molar-refractivity contribution is 7.91. The van der Waals surface area contributed by atoms with Gasteiger partial charge in [-0.25, -0.2) is 8.42 Å². The Labute approximate surface area is 171 Å². The minimum absolute atomic E-state index is 0.0126. The number of carbonyl (C=O) groups excluding carboxylic acids is 1. The van der Waals surface area contributed by atoms with Crippen LogP contribution < -0.4 is 10.6 Å². The molecule has 0 saturated carbocycles. The molecule has 9 heteroatoms. The molecule has 0 saturated heterocycles. The van der Waals surface area contributed by atoms with E-state index < -0.39 is 15.9 Å². The summed E-state index contributed by atoms with van der Waals surface area (Å²) in [4.78, 5) is 19.3. The van der Waals surface area contributed by atoms with Gasteiger partial charge in [-0.2, -0.15) is 0 Å². The van der Waals surface area contributed by atoms with Gasteiger partial charge in [0.25, 0.3) is 0 Å². The summed E-state index contributed by atoms with van der Waals surface area (Å²) >= 11 is 0. The van der Waals surface area contributed by atoms with Crippen LogP contribution in [-0.2, 0) is 14.6 Å². The van der Waals surface area contributed by atoms with Crippen LogP contribution >= 0.6 is 0 Å². The van der Waals surface area contributed by atoms with Gasteiger partial charge in [-0.05, 0) is 37.3 Å². The summed E-state index contributed by atoms with van der Waals surface area (Å²) in [7, 11) is -1.28. The van der Waals surface area contributed by atoms with Crippen molar-refractivity contribution >= 4 is 15.7 Å². The number of nitrogens with zero attached hydrogens (tertiary/aromatic N) is 2. The second kappa shape index (κ2) is 8.64. The molecule has 8 nitrogen and oxygen atoms in total. The van der Waals surface area contributed by atoms with Crippen LogP contribution in [0.2, 0.25) is 0 Å². The van der Waals surface area contributed by atoms with Gasteiger partial charge in [-0.1, -0.05) is 13.8 Å². The van der Waals surface area contributed by atoms with E-state index in [0.29, 0.717) is 23.9 Å². The highest BCUT2D eigenvalue weighted by Gasteiger charge is 2.31. The average molecular weight is 421 g/mol. The van der Waals surface area contributed by atoms with Gasteiger partial charge >= 0.3 is 0 Å². The summed E-state index contributed by atoms with van der Waals surface area (Å²) < 4.78 is 23.8. The number of aliphatic hydroxyl groups excluding tert-OH is 1. The van der Waals surface area contributed by atoms with Gasteiger partial charge in [-0.15, -0.1) is 0 Å². The van der Waals surface area contributed by atoms with Gasteiger partial charge in [-0.3, -0.25) is 14.7 Å². The summed E-state index contributed by atoms with van der Waals surface area (Å²) in [5.41, 5.74) is 3.30. The van der Waals surface area contributed by atoms with Gasteiger partial charge in [0.1, 0.15) is 0 Å². The zero-order valence-corrected chi connectivity index (χ0v) is 17.8. The summed E-state index contributed by atoms with van der Waals surface area (Å²) in [6, 6.07) is 2.61. The molecule has 2 aliphatic heterocycles. The van der Waals surface area contributed by atoms with Gasteiger partial charge in [0.2, 0.25) is 5.91 Å². The van der Waals surface area contributed by atoms with Crippen LogP contribution in [0, 0.1) is 0 Å². The Kier molecular flexibility index (Phi) is 6.40. The molecule has 0 radical (unpaired) electrons. The van der Waals surface area contributed by atoms with E-state index in [-0.39, 0.29) is 23.2 Å². The number of hydrogen-bond donors (Lipinski definition) is 3. The van der Waals surface area contributed by atoms with E-state index in [1.807, 2.05) is 6.08 Å². The van der Waals surface area contributed by atoms with E-state index in [0.717, 1.165) is 18.5 Å². The van der Waals surface area contributed by atoms with Gasteiger partial charge < -0.3 is 15.7 Å². The third-order valence-corrected chi connectivity index (χ3v) is 7.19. The molecule has 0 bridgehead atoms. The Morgan fingerprint density at radius 2 is 2.17 bits per heavy atom. The highest BCUT2D eigenvalue weighted by atomic mass is 32.2. The Morgan fingerprint density at radius 3 is 2.76 bits per heavy atom. The van der Waals surface area contributed by atoms with Crippen LogP contribution in [0.3, 0.4) is 0 Å². The average Bonchev–Trinajstić information content (AvgIpc) is 3.05. The zero-order chi connectivity index (χ0) is 21.2. The minimum Gasteiger partial charge on any atom is -0.394 e. The fourth-order valence-corrected chi connectivity index (χ4v) is 4.60. The molecule has 29 heavy (non-hydrogen) atoms. The molecule has 2 aliphatic rings. The maximum Gasteiger partial charge on any atom is 0.249 e. The number of aromatic nitrogens is 1. The number of amides is 1. The van der Waals surface area contributed by atoms with E-state index in [1.54, 1.807) is 6.92 Å². The molecule has 2 atom stereocenters. The Balaban J connectivity index is 1.73. The zero-order valence-electron chi connectivity index (χ0n) is 17.0. The van der Waals surface area contributed by atoms with Crippen LogP contribution in [0.25, 0.3) is 0 Å². The summed E-state index contributed by atoms with van der Waals surface area (Å²) in [6.07, 6.45) is 4.19. The maximum absolute atomic E-state index is 12.7. The number of likely N-dealkylation sites (N-methyl/N-ethyl adjacent to an activating group) is 1. The number of aliphatic hydroxyl groups is 1. The van der Waals surface area contributed by atoms with E-state index in [9.17, 15) is 18.3 Å². The molecular formula is C20H28N4O4S. The lowest BCUT2D eigenvalue weighted by molar-refractivity contribution is -0.118. The first-order chi connectivity index (χ1) is 13.8. The lowest BCUT2D eigenvalue weighted by atomic mass is 10.0. The van der Waals surface area contributed by atoms with Crippen molar-refractivity contribution in [3.05, 3.63) is 46.9 Å². The molecule has 3 N–H and O–H groups in total. The first-order valence-corrected chi connectivity index (χ1v) is 11.4. The third-order valence-electron chi connectivity index (χ3n) is 5.47. The van der Waals surface area contributed by atoms with Crippen molar-refractivity contribution in [3.63, 3.8) is 0 Å². The van der Waals surface area contributed by atoms with Gasteiger partial charge in [0.15, 0.2) is 9.84 Å². The van der Waals surface area contributed by atoms with Crippen molar-refractivity contribution in [2.24, 2.45) is 0 Å². The van der Waals surface area contributed by atoms with E-state index in [2.05, 4.69) is 34.5 Å². The molecule has 0 fully saturated rings. The molecule has 0 aliphatic carbocycles. The Morgan fingerprint density at radius 1 is 1.41 bits per heavy atom. The fourth-order valence-electron chi connectivity index (χ4n) is 3.78. The van der Waals surface area contributed by atoms with Crippen LogP contribution in [-0.4, -0.2) is 67.9 Å². The molecule has 1 amide bonds. The number of rotatable bonds is 7. The van der Waals surface area contributed by atoms with Crippen molar-refractivity contribution in [2.75, 3.05) is 32.5 Å². The summed E-state index contributed by atoms with van der Waals surface area (Å²) in [5, 5.41) is 15.9. The number of nitrogens with one attached hydrogen (secondary N) is 2. The molecule has 0 aromatic carbocycles. The Bertz CT molecular complexity index is 938. The van der Waals surface area contributed by atoms with E-state index in [4.69, 9.17) is 0 Å². The van der Waals surface area contributed by atoms with Crippen molar-refractivity contribution < 1.29 is 18.3 Å². The highest BCUT2D eigenvalue weighted by Crippen LogP contribution is 2.28. The van der Waals surface area contributed by atoms with Crippen LogP contribution in [0.5, 0.6) is 0 Å². The van der Waals surface area contributed by atoms with Crippen LogP contribution in [0.15, 0.2) is 46.1 Å². The van der Waals surface area contributed by atoms with Gasteiger partial charge in [0.05, 0.1) is 29.0 Å². The topological polar surface area (TPSA) is 112 Å². The second-order valence-corrected chi connectivity index (χ2v) is 9.61. The van der Waals surface area contributed by atoms with Crippen molar-refractivity contribution in [2.45, 2.75) is 37.2 Å². The second-order valence-electron chi connectivity index (χ2n) is 7.33. The lowest BCUT2D eigenvalue weighted by Gasteiger charge is -2.24. The first kappa shape index (κ1) is 21.5. The molecule has 1 aromatic heterocycles. The standard InChI is InChI=1S/C20H28N4O4S/c1-4-18-19-14(11-24(18)3)8-13(9-22-19)20(26)23-17(12-25)16-7-6-15(10-21-16)29(27,28)5-2/h6-8,10,17-18,22,25H,4-5,9,11-12H2,1-3H3,(H,23,26)/t17-,18+/m0/s1. The predicted octanol–water partition coefficient (Wildman–Crippen LogP) is 0.533. The largest absolute Gasteiger partial charge is 0.394 e. The number of pyridine rings is 1. The summed E-state index contributed by atoms with van der Waals surface area (Å²) in [6.45, 7) is 4.58. The quantitative estimate of drug-likeness (QED) is 0.590. The predicted molar refractivity (Wildman–Crippen MR) is 110 cm³/mol. The number of dihydropyridines is 1.